The van der Waals surface area contributed by atoms with Crippen molar-refractivity contribution in [2.45, 2.75) is 51.0 Å². The lowest BCUT2D eigenvalue weighted by Crippen LogP contribution is -2.54. The molecule has 6 heteroatoms. The van der Waals surface area contributed by atoms with E-state index >= 15 is 0 Å². The van der Waals surface area contributed by atoms with Gasteiger partial charge in [-0.2, -0.15) is 0 Å². The lowest BCUT2D eigenvalue weighted by Gasteiger charge is -2.40. The van der Waals surface area contributed by atoms with Crippen molar-refractivity contribution in [2.75, 3.05) is 24.7 Å². The molecule has 116 valence electrons. The van der Waals surface area contributed by atoms with E-state index in [0.29, 0.717) is 6.42 Å². The van der Waals surface area contributed by atoms with Gasteiger partial charge in [-0.15, -0.1) is 0 Å². The lowest BCUT2D eigenvalue weighted by atomic mass is 9.86. The number of hydrogen-bond donors (Lipinski definition) is 1. The molecule has 0 bridgehead atoms. The highest BCUT2D eigenvalue weighted by molar-refractivity contribution is 7.91. The van der Waals surface area contributed by atoms with E-state index in [2.05, 4.69) is 0 Å². The Labute approximate surface area is 121 Å². The summed E-state index contributed by atoms with van der Waals surface area (Å²) in [6.07, 6.45) is 5.58. The van der Waals surface area contributed by atoms with Crippen molar-refractivity contribution in [1.82, 2.24) is 4.90 Å². The number of aliphatic hydroxyl groups is 1. The van der Waals surface area contributed by atoms with Gasteiger partial charge >= 0.3 is 0 Å². The molecule has 20 heavy (non-hydrogen) atoms. The summed E-state index contributed by atoms with van der Waals surface area (Å²) >= 11 is 0. The molecule has 1 N–H and O–H groups in total. The van der Waals surface area contributed by atoms with Gasteiger partial charge in [0.1, 0.15) is 0 Å². The highest BCUT2D eigenvalue weighted by Crippen LogP contribution is 2.33. The minimum Gasteiger partial charge on any atom is -0.395 e. The summed E-state index contributed by atoms with van der Waals surface area (Å²) in [6, 6.07) is 0. The van der Waals surface area contributed by atoms with Crippen LogP contribution in [0.2, 0.25) is 0 Å². The molecular formula is C14H25NO4S. The zero-order valence-electron chi connectivity index (χ0n) is 12.2. The molecule has 1 atom stereocenters. The van der Waals surface area contributed by atoms with Crippen molar-refractivity contribution in [3.8, 4) is 0 Å². The van der Waals surface area contributed by atoms with E-state index in [0.717, 1.165) is 25.7 Å². The lowest BCUT2D eigenvalue weighted by molar-refractivity contribution is -0.142. The average Bonchev–Trinajstić information content (AvgIpc) is 2.71. The van der Waals surface area contributed by atoms with E-state index in [1.54, 1.807) is 4.90 Å². The molecule has 0 aromatic heterocycles. The van der Waals surface area contributed by atoms with Crippen molar-refractivity contribution in [1.29, 1.82) is 0 Å². The quantitative estimate of drug-likeness (QED) is 0.839. The summed E-state index contributed by atoms with van der Waals surface area (Å²) < 4.78 is 23.5. The molecule has 2 fully saturated rings. The van der Waals surface area contributed by atoms with Crippen LogP contribution in [0, 0.1) is 5.92 Å². The number of hydrogen-bond acceptors (Lipinski definition) is 4. The number of aliphatic hydroxyl groups excluding tert-OH is 1. The first-order chi connectivity index (χ1) is 9.38. The summed E-state index contributed by atoms with van der Waals surface area (Å²) in [5, 5.41) is 9.25. The summed E-state index contributed by atoms with van der Waals surface area (Å²) in [7, 11) is -3.06. The number of carbonyl (C=O) groups is 1. The molecule has 2 aliphatic rings. The van der Waals surface area contributed by atoms with Crippen LogP contribution in [0.1, 0.15) is 45.4 Å². The molecule has 1 aliphatic carbocycles. The first-order valence-electron chi connectivity index (χ1n) is 7.51. The van der Waals surface area contributed by atoms with Crippen LogP contribution >= 0.6 is 0 Å². The van der Waals surface area contributed by atoms with Gasteiger partial charge in [-0.25, -0.2) is 8.42 Å². The Morgan fingerprint density at radius 1 is 1.30 bits per heavy atom. The predicted molar refractivity (Wildman–Crippen MR) is 77.0 cm³/mol. The average molecular weight is 303 g/mol. The third-order valence-corrected chi connectivity index (χ3v) is 6.57. The Morgan fingerprint density at radius 2 is 1.95 bits per heavy atom. The third kappa shape index (κ3) is 3.34. The zero-order chi connectivity index (χ0) is 14.8. The molecular weight excluding hydrogens is 278 g/mol. The highest BCUT2D eigenvalue weighted by Gasteiger charge is 2.45. The number of nitrogens with zero attached hydrogens (tertiary/aromatic N) is 1. The van der Waals surface area contributed by atoms with Gasteiger partial charge in [0.15, 0.2) is 9.84 Å². The largest absolute Gasteiger partial charge is 0.395 e. The molecule has 0 radical (unpaired) electrons. The SMILES string of the molecule is CC1(N(CCO)C(=O)C2CCCCC2)CCS(=O)(=O)C1. The molecule has 0 aromatic rings. The second-order valence-electron chi connectivity index (χ2n) is 6.39. The monoisotopic (exact) mass is 303 g/mol. The fourth-order valence-corrected chi connectivity index (χ4v) is 5.67. The minimum absolute atomic E-state index is 0.00966. The van der Waals surface area contributed by atoms with E-state index in [9.17, 15) is 18.3 Å². The van der Waals surface area contributed by atoms with Gasteiger partial charge in [-0.3, -0.25) is 4.79 Å². The highest BCUT2D eigenvalue weighted by atomic mass is 32.2. The topological polar surface area (TPSA) is 74.7 Å². The first kappa shape index (κ1) is 15.8. The van der Waals surface area contributed by atoms with E-state index in [1.807, 2.05) is 6.92 Å². The standard InChI is InChI=1S/C14H25NO4S/c1-14(7-10-20(18,19)11-14)15(8-9-16)13(17)12-5-3-2-4-6-12/h12,16H,2-11H2,1H3. The fourth-order valence-electron chi connectivity index (χ4n) is 3.52. The second kappa shape index (κ2) is 6.02. The molecule has 5 nitrogen and oxygen atoms in total. The van der Waals surface area contributed by atoms with Crippen LogP contribution in [-0.4, -0.2) is 54.5 Å². The molecule has 1 unspecified atom stereocenters. The predicted octanol–water partition coefficient (Wildman–Crippen LogP) is 0.965. The Morgan fingerprint density at radius 3 is 2.45 bits per heavy atom. The summed E-state index contributed by atoms with van der Waals surface area (Å²) in [4.78, 5) is 14.4. The zero-order valence-corrected chi connectivity index (χ0v) is 13.0. The maximum atomic E-state index is 12.7. The van der Waals surface area contributed by atoms with E-state index in [1.165, 1.54) is 6.42 Å². The Kier molecular flexibility index (Phi) is 4.74. The molecule has 1 aliphatic heterocycles. The van der Waals surface area contributed by atoms with Crippen molar-refractivity contribution in [3.63, 3.8) is 0 Å². The molecule has 0 spiro atoms. The Balaban J connectivity index is 2.15. The smallest absolute Gasteiger partial charge is 0.226 e. The van der Waals surface area contributed by atoms with E-state index in [4.69, 9.17) is 0 Å². The summed E-state index contributed by atoms with van der Waals surface area (Å²) in [5.41, 5.74) is -0.643. The van der Waals surface area contributed by atoms with Crippen LogP contribution in [0.3, 0.4) is 0 Å². The first-order valence-corrected chi connectivity index (χ1v) is 9.33. The fraction of sp³-hybridized carbons (Fsp3) is 0.929. The molecule has 1 saturated carbocycles. The molecule has 1 heterocycles. The van der Waals surface area contributed by atoms with Crippen molar-refractivity contribution < 1.29 is 18.3 Å². The van der Waals surface area contributed by atoms with Crippen LogP contribution in [0.5, 0.6) is 0 Å². The molecule has 1 saturated heterocycles. The summed E-state index contributed by atoms with van der Waals surface area (Å²) in [5.74, 6) is 0.218. The van der Waals surface area contributed by atoms with Crippen molar-refractivity contribution in [2.24, 2.45) is 5.92 Å². The second-order valence-corrected chi connectivity index (χ2v) is 8.57. The van der Waals surface area contributed by atoms with Crippen LogP contribution in [0.15, 0.2) is 0 Å². The van der Waals surface area contributed by atoms with Gasteiger partial charge in [0.25, 0.3) is 0 Å². The third-order valence-electron chi connectivity index (χ3n) is 4.68. The van der Waals surface area contributed by atoms with Crippen LogP contribution in [-0.2, 0) is 14.6 Å². The van der Waals surface area contributed by atoms with Gasteiger partial charge in [0.2, 0.25) is 5.91 Å². The number of sulfone groups is 1. The van der Waals surface area contributed by atoms with Gasteiger partial charge < -0.3 is 10.0 Å². The van der Waals surface area contributed by atoms with Crippen LogP contribution < -0.4 is 0 Å². The minimum atomic E-state index is -3.06. The van der Waals surface area contributed by atoms with E-state index < -0.39 is 15.4 Å². The van der Waals surface area contributed by atoms with Crippen molar-refractivity contribution >= 4 is 15.7 Å². The van der Waals surface area contributed by atoms with Crippen LogP contribution in [0.25, 0.3) is 0 Å². The van der Waals surface area contributed by atoms with Gasteiger partial charge in [0.05, 0.1) is 23.7 Å². The number of rotatable bonds is 4. The van der Waals surface area contributed by atoms with Crippen LogP contribution in [0.4, 0.5) is 0 Å². The molecule has 0 aromatic carbocycles. The normalized spacial score (nSPS) is 30.3. The summed E-state index contributed by atoms with van der Waals surface area (Å²) in [6.45, 7) is 1.96. The van der Waals surface area contributed by atoms with E-state index in [-0.39, 0.29) is 36.5 Å². The number of amides is 1. The van der Waals surface area contributed by atoms with Gasteiger partial charge in [-0.1, -0.05) is 19.3 Å². The molecule has 1 amide bonds. The number of β-amino-alcohol motifs (C(OH)–C–C–N with tert-alkyl or cyclic N) is 1. The molecule has 2 rings (SSSR count). The van der Waals surface area contributed by atoms with Gasteiger partial charge in [-0.05, 0) is 26.2 Å². The van der Waals surface area contributed by atoms with Crippen molar-refractivity contribution in [3.05, 3.63) is 0 Å². The Hall–Kier alpha value is -0.620. The maximum absolute atomic E-state index is 12.7. The maximum Gasteiger partial charge on any atom is 0.226 e. The number of carbonyl (C=O) groups excluding carboxylic acids is 1. The van der Waals surface area contributed by atoms with Gasteiger partial charge in [0, 0.05) is 12.5 Å². The Bertz CT molecular complexity index is 456.